The molecule has 0 radical (unpaired) electrons. The number of hydrogen-bond donors (Lipinski definition) is 2. The van der Waals surface area contributed by atoms with Crippen LogP contribution in [0.4, 0.5) is 0 Å². The molecule has 0 saturated heterocycles. The maximum absolute atomic E-state index is 12.4. The first-order valence-electron chi connectivity index (χ1n) is 8.62. The predicted octanol–water partition coefficient (Wildman–Crippen LogP) is 2.14. The highest BCUT2D eigenvalue weighted by atomic mass is 16.5. The monoisotopic (exact) mass is 352 g/mol. The Bertz CT molecular complexity index is 548. The minimum atomic E-state index is -0.229. The lowest BCUT2D eigenvalue weighted by atomic mass is 10.1. The van der Waals surface area contributed by atoms with Crippen molar-refractivity contribution < 1.29 is 23.8 Å². The van der Waals surface area contributed by atoms with Gasteiger partial charge in [-0.15, -0.1) is 0 Å². The summed E-state index contributed by atoms with van der Waals surface area (Å²) in [4.78, 5) is 23.2. The summed E-state index contributed by atoms with van der Waals surface area (Å²) in [5.74, 6) is 1.17. The quantitative estimate of drug-likeness (QED) is 0.596. The van der Waals surface area contributed by atoms with E-state index < -0.39 is 0 Å². The molecule has 0 aliphatic rings. The zero-order valence-electron chi connectivity index (χ0n) is 15.4. The lowest BCUT2D eigenvalue weighted by molar-refractivity contribution is -0.118. The van der Waals surface area contributed by atoms with Crippen LogP contribution in [0, 0.1) is 0 Å². The maximum Gasteiger partial charge on any atom is 0.251 e. The van der Waals surface area contributed by atoms with Crippen molar-refractivity contribution in [3.8, 4) is 17.2 Å². The first-order chi connectivity index (χ1) is 12.0. The lowest BCUT2D eigenvalue weighted by Crippen LogP contribution is -2.28. The highest BCUT2D eigenvalue weighted by molar-refractivity contribution is 5.95. The van der Waals surface area contributed by atoms with Crippen LogP contribution in [0.1, 0.15) is 44.5 Å². The van der Waals surface area contributed by atoms with Gasteiger partial charge in [0.05, 0.1) is 19.8 Å². The molecule has 0 heterocycles. The molecular formula is C18H28N2O5. The molecule has 0 saturated carbocycles. The molecule has 0 bridgehead atoms. The number of hydrogen-bond acceptors (Lipinski definition) is 5. The summed E-state index contributed by atoms with van der Waals surface area (Å²) in [6.07, 6.45) is 0.652. The second-order valence-electron chi connectivity index (χ2n) is 5.19. The molecule has 2 N–H and O–H groups in total. The Morgan fingerprint density at radius 1 is 0.880 bits per heavy atom. The topological polar surface area (TPSA) is 85.9 Å². The number of carbonyl (C=O) groups excluding carboxylic acids is 2. The van der Waals surface area contributed by atoms with E-state index >= 15 is 0 Å². The molecular weight excluding hydrogens is 324 g/mol. The second kappa shape index (κ2) is 11.2. The molecule has 0 aromatic heterocycles. The Balaban J connectivity index is 2.86. The number of carbonyl (C=O) groups is 2. The van der Waals surface area contributed by atoms with E-state index in [1.54, 1.807) is 12.1 Å². The Kier molecular flexibility index (Phi) is 9.21. The van der Waals surface area contributed by atoms with Crippen LogP contribution in [0.2, 0.25) is 0 Å². The van der Waals surface area contributed by atoms with E-state index in [1.807, 2.05) is 20.8 Å². The Hall–Kier alpha value is -2.44. The summed E-state index contributed by atoms with van der Waals surface area (Å²) < 4.78 is 16.8. The average Bonchev–Trinajstić information content (AvgIpc) is 2.57. The van der Waals surface area contributed by atoms with E-state index in [9.17, 15) is 9.59 Å². The van der Waals surface area contributed by atoms with Crippen molar-refractivity contribution in [2.45, 2.75) is 34.1 Å². The van der Waals surface area contributed by atoms with Crippen LogP contribution in [-0.2, 0) is 4.79 Å². The van der Waals surface area contributed by atoms with Gasteiger partial charge >= 0.3 is 0 Å². The molecule has 25 heavy (non-hydrogen) atoms. The molecule has 7 heteroatoms. The molecule has 0 aliphatic heterocycles. The third kappa shape index (κ3) is 6.91. The molecule has 0 unspecified atom stereocenters. The Labute approximate surface area is 149 Å². The summed E-state index contributed by atoms with van der Waals surface area (Å²) in [6, 6.07) is 3.31. The smallest absolute Gasteiger partial charge is 0.251 e. The van der Waals surface area contributed by atoms with Crippen LogP contribution in [0.5, 0.6) is 17.2 Å². The summed E-state index contributed by atoms with van der Waals surface area (Å²) >= 11 is 0. The van der Waals surface area contributed by atoms with Crippen LogP contribution in [-0.4, -0.2) is 44.7 Å². The molecule has 7 nitrogen and oxygen atoms in total. The molecule has 1 rings (SSSR count). The molecule has 0 aliphatic carbocycles. The first kappa shape index (κ1) is 20.6. The number of rotatable bonds is 11. The molecule has 140 valence electrons. The van der Waals surface area contributed by atoms with Gasteiger partial charge in [-0.05, 0) is 39.3 Å². The van der Waals surface area contributed by atoms with Crippen molar-refractivity contribution in [3.05, 3.63) is 17.7 Å². The van der Waals surface area contributed by atoms with Gasteiger partial charge in [-0.25, -0.2) is 0 Å². The summed E-state index contributed by atoms with van der Waals surface area (Å²) in [5, 5.41) is 5.51. The SMILES string of the molecule is CCOc1cc(C(=O)NCCCNC(C)=O)cc(OCC)c1OCC. The van der Waals surface area contributed by atoms with Crippen molar-refractivity contribution in [1.82, 2.24) is 10.6 Å². The van der Waals surface area contributed by atoms with Gasteiger partial charge in [0.2, 0.25) is 11.7 Å². The zero-order valence-corrected chi connectivity index (χ0v) is 15.4. The maximum atomic E-state index is 12.4. The Morgan fingerprint density at radius 3 is 1.88 bits per heavy atom. The third-order valence-electron chi connectivity index (χ3n) is 3.18. The van der Waals surface area contributed by atoms with Gasteiger partial charge in [-0.3, -0.25) is 9.59 Å². The van der Waals surface area contributed by atoms with Crippen molar-refractivity contribution in [1.29, 1.82) is 0 Å². The van der Waals surface area contributed by atoms with Gasteiger partial charge in [0.25, 0.3) is 5.91 Å². The van der Waals surface area contributed by atoms with E-state index in [4.69, 9.17) is 14.2 Å². The van der Waals surface area contributed by atoms with Gasteiger partial charge in [-0.2, -0.15) is 0 Å². The van der Waals surface area contributed by atoms with Crippen LogP contribution >= 0.6 is 0 Å². The van der Waals surface area contributed by atoms with Gasteiger partial charge in [0.15, 0.2) is 11.5 Å². The predicted molar refractivity (Wildman–Crippen MR) is 95.6 cm³/mol. The van der Waals surface area contributed by atoms with Crippen molar-refractivity contribution in [2.24, 2.45) is 0 Å². The molecule has 1 aromatic rings. The molecule has 2 amide bonds. The summed E-state index contributed by atoms with van der Waals surface area (Å²) in [5.41, 5.74) is 0.440. The highest BCUT2D eigenvalue weighted by Crippen LogP contribution is 2.39. The fraction of sp³-hybridized carbons (Fsp3) is 0.556. The minimum Gasteiger partial charge on any atom is -0.490 e. The first-order valence-corrected chi connectivity index (χ1v) is 8.62. The van der Waals surface area contributed by atoms with E-state index in [2.05, 4.69) is 10.6 Å². The number of amides is 2. The standard InChI is InChI=1S/C18H28N2O5/c1-5-23-15-11-14(12-16(24-6-2)17(15)25-7-3)18(22)20-10-8-9-19-13(4)21/h11-12H,5-10H2,1-4H3,(H,19,21)(H,20,22). The number of ether oxygens (including phenoxy) is 3. The largest absolute Gasteiger partial charge is 0.490 e. The molecule has 0 atom stereocenters. The van der Waals surface area contributed by atoms with Crippen molar-refractivity contribution in [2.75, 3.05) is 32.9 Å². The highest BCUT2D eigenvalue weighted by Gasteiger charge is 2.18. The van der Waals surface area contributed by atoms with Gasteiger partial charge in [0, 0.05) is 25.6 Å². The number of nitrogens with one attached hydrogen (secondary N) is 2. The average molecular weight is 352 g/mol. The van der Waals surface area contributed by atoms with E-state index in [0.29, 0.717) is 62.1 Å². The van der Waals surface area contributed by atoms with Crippen molar-refractivity contribution in [3.63, 3.8) is 0 Å². The van der Waals surface area contributed by atoms with Crippen LogP contribution in [0.15, 0.2) is 12.1 Å². The van der Waals surface area contributed by atoms with E-state index in [1.165, 1.54) is 6.92 Å². The zero-order chi connectivity index (χ0) is 18.7. The third-order valence-corrected chi connectivity index (χ3v) is 3.18. The molecule has 0 spiro atoms. The van der Waals surface area contributed by atoms with Crippen LogP contribution in [0.25, 0.3) is 0 Å². The number of benzene rings is 1. The molecule has 1 aromatic carbocycles. The fourth-order valence-corrected chi connectivity index (χ4v) is 2.18. The summed E-state index contributed by atoms with van der Waals surface area (Å²) in [6.45, 7) is 9.42. The Morgan fingerprint density at radius 2 is 1.40 bits per heavy atom. The van der Waals surface area contributed by atoms with E-state index in [0.717, 1.165) is 0 Å². The normalized spacial score (nSPS) is 10.1. The minimum absolute atomic E-state index is 0.0828. The fourth-order valence-electron chi connectivity index (χ4n) is 2.18. The second-order valence-corrected chi connectivity index (χ2v) is 5.19. The van der Waals surface area contributed by atoms with Crippen LogP contribution in [0.3, 0.4) is 0 Å². The van der Waals surface area contributed by atoms with E-state index in [-0.39, 0.29) is 11.8 Å². The molecule has 0 fully saturated rings. The van der Waals surface area contributed by atoms with Gasteiger partial charge in [0.1, 0.15) is 0 Å². The van der Waals surface area contributed by atoms with Gasteiger partial charge in [-0.1, -0.05) is 0 Å². The lowest BCUT2D eigenvalue weighted by Gasteiger charge is -2.17. The summed E-state index contributed by atoms with van der Waals surface area (Å²) in [7, 11) is 0. The van der Waals surface area contributed by atoms with Crippen LogP contribution < -0.4 is 24.8 Å². The van der Waals surface area contributed by atoms with Crippen molar-refractivity contribution >= 4 is 11.8 Å². The van der Waals surface area contributed by atoms with Gasteiger partial charge < -0.3 is 24.8 Å².